The molecule has 0 aliphatic heterocycles. The third-order valence-corrected chi connectivity index (χ3v) is 7.82. The fraction of sp³-hybridized carbons (Fsp3) is 0.583. The molecule has 0 aliphatic carbocycles. The smallest absolute Gasteiger partial charge is 0.192 e. The molecule has 17 heavy (non-hydrogen) atoms. The van der Waals surface area contributed by atoms with E-state index in [1.165, 1.54) is 0 Å². The summed E-state index contributed by atoms with van der Waals surface area (Å²) in [6.07, 6.45) is 0. The molecule has 1 heterocycles. The highest BCUT2D eigenvalue weighted by atomic mass is 28.4. The van der Waals surface area contributed by atoms with E-state index in [4.69, 9.17) is 10.3 Å². The van der Waals surface area contributed by atoms with Crippen molar-refractivity contribution in [2.45, 2.75) is 45.5 Å². The van der Waals surface area contributed by atoms with E-state index >= 15 is 0 Å². The van der Waals surface area contributed by atoms with Crippen LogP contribution in [-0.2, 0) is 11.0 Å². The third kappa shape index (κ3) is 3.80. The second-order valence-electron chi connectivity index (χ2n) is 5.71. The lowest BCUT2D eigenvalue weighted by Gasteiger charge is -2.36. The highest BCUT2D eigenvalue weighted by Gasteiger charge is 2.37. The van der Waals surface area contributed by atoms with Crippen LogP contribution in [0.5, 0.6) is 0 Å². The van der Waals surface area contributed by atoms with E-state index in [0.717, 1.165) is 5.69 Å². The molecular weight excluding hydrogens is 230 g/mol. The summed E-state index contributed by atoms with van der Waals surface area (Å²) in [6, 6.07) is 5.70. The maximum Gasteiger partial charge on any atom is 0.192 e. The first kappa shape index (κ1) is 14.1. The van der Waals surface area contributed by atoms with E-state index in [1.54, 1.807) is 0 Å². The first-order valence-electron chi connectivity index (χ1n) is 5.83. The van der Waals surface area contributed by atoms with Crippen molar-refractivity contribution in [3.05, 3.63) is 23.9 Å². The average Bonchev–Trinajstić information content (AvgIpc) is 2.25. The highest BCUT2D eigenvalue weighted by molar-refractivity contribution is 6.74. The first-order chi connectivity index (χ1) is 7.76. The van der Waals surface area contributed by atoms with Crippen LogP contribution in [0.1, 0.15) is 26.5 Å². The molecule has 0 radical (unpaired) electrons. The SMILES string of the molecule is CC(C)(C)[Si](C)(C)OCc1cccc(NN)n1. The highest BCUT2D eigenvalue weighted by Crippen LogP contribution is 2.36. The Bertz CT molecular complexity index is 374. The van der Waals surface area contributed by atoms with Crippen LogP contribution in [0.25, 0.3) is 0 Å². The van der Waals surface area contributed by atoms with Gasteiger partial charge in [0, 0.05) is 0 Å². The molecule has 0 aliphatic rings. The summed E-state index contributed by atoms with van der Waals surface area (Å²) in [7, 11) is -1.71. The topological polar surface area (TPSA) is 60.2 Å². The van der Waals surface area contributed by atoms with Crippen LogP contribution >= 0.6 is 0 Å². The van der Waals surface area contributed by atoms with Gasteiger partial charge in [0.05, 0.1) is 12.3 Å². The van der Waals surface area contributed by atoms with Gasteiger partial charge in [-0.1, -0.05) is 26.8 Å². The quantitative estimate of drug-likeness (QED) is 0.492. The number of aromatic nitrogens is 1. The van der Waals surface area contributed by atoms with Gasteiger partial charge < -0.3 is 9.85 Å². The number of hydrazine groups is 1. The van der Waals surface area contributed by atoms with Gasteiger partial charge in [-0.15, -0.1) is 0 Å². The molecule has 0 saturated carbocycles. The molecule has 0 unspecified atom stereocenters. The summed E-state index contributed by atoms with van der Waals surface area (Å²) in [5.41, 5.74) is 3.45. The number of nitrogens with one attached hydrogen (secondary N) is 1. The molecule has 0 spiro atoms. The van der Waals surface area contributed by atoms with Crippen molar-refractivity contribution in [2.75, 3.05) is 5.43 Å². The van der Waals surface area contributed by atoms with E-state index in [2.05, 4.69) is 44.3 Å². The molecule has 5 heteroatoms. The molecule has 0 atom stereocenters. The van der Waals surface area contributed by atoms with Crippen molar-refractivity contribution >= 4 is 14.1 Å². The molecule has 1 rings (SSSR count). The first-order valence-corrected chi connectivity index (χ1v) is 8.73. The summed E-state index contributed by atoms with van der Waals surface area (Å²) in [4.78, 5) is 4.34. The normalized spacial score (nSPS) is 12.6. The largest absolute Gasteiger partial charge is 0.411 e. The van der Waals surface area contributed by atoms with E-state index in [1.807, 2.05) is 18.2 Å². The number of pyridine rings is 1. The number of nitrogens with two attached hydrogens (primary N) is 1. The average molecular weight is 253 g/mol. The van der Waals surface area contributed by atoms with Gasteiger partial charge in [-0.3, -0.25) is 0 Å². The van der Waals surface area contributed by atoms with E-state index in [9.17, 15) is 0 Å². The number of anilines is 1. The lowest BCUT2D eigenvalue weighted by atomic mass is 10.2. The predicted molar refractivity (Wildman–Crippen MR) is 74.0 cm³/mol. The van der Waals surface area contributed by atoms with Crippen LogP contribution in [0, 0.1) is 0 Å². The minimum absolute atomic E-state index is 0.219. The van der Waals surface area contributed by atoms with Crippen LogP contribution in [0.4, 0.5) is 5.82 Å². The number of nitrogens with zero attached hydrogens (tertiary/aromatic N) is 1. The number of rotatable bonds is 4. The van der Waals surface area contributed by atoms with E-state index in [0.29, 0.717) is 12.4 Å². The standard InChI is InChI=1S/C12H23N3OSi/c1-12(2,3)17(4,5)16-9-10-7-6-8-11(14-10)15-13/h6-8H,9,13H2,1-5H3,(H,14,15). The molecule has 0 fully saturated rings. The van der Waals surface area contributed by atoms with Gasteiger partial charge >= 0.3 is 0 Å². The third-order valence-electron chi connectivity index (χ3n) is 3.34. The molecule has 0 saturated heterocycles. The van der Waals surface area contributed by atoms with Crippen LogP contribution in [0.3, 0.4) is 0 Å². The Hall–Kier alpha value is -0.913. The summed E-state index contributed by atoms with van der Waals surface area (Å²) in [5.74, 6) is 5.99. The second kappa shape index (κ2) is 5.16. The van der Waals surface area contributed by atoms with E-state index < -0.39 is 8.32 Å². The van der Waals surface area contributed by atoms with E-state index in [-0.39, 0.29) is 5.04 Å². The van der Waals surface area contributed by atoms with Crippen molar-refractivity contribution < 1.29 is 4.43 Å². The molecule has 1 aromatic rings. The molecule has 1 aromatic heterocycles. The minimum Gasteiger partial charge on any atom is -0.411 e. The van der Waals surface area contributed by atoms with Gasteiger partial charge in [0.1, 0.15) is 5.82 Å². The maximum absolute atomic E-state index is 6.09. The molecule has 0 amide bonds. The summed E-state index contributed by atoms with van der Waals surface area (Å²) < 4.78 is 6.09. The zero-order valence-electron chi connectivity index (χ0n) is 11.4. The Morgan fingerprint density at radius 3 is 2.53 bits per heavy atom. The Balaban J connectivity index is 2.67. The molecular formula is C12H23N3OSi. The van der Waals surface area contributed by atoms with Gasteiger partial charge in [0.2, 0.25) is 0 Å². The predicted octanol–water partition coefficient (Wildman–Crippen LogP) is 2.89. The van der Waals surface area contributed by atoms with Crippen molar-refractivity contribution in [3.8, 4) is 0 Å². The van der Waals surface area contributed by atoms with Gasteiger partial charge in [-0.05, 0) is 30.3 Å². The second-order valence-corrected chi connectivity index (χ2v) is 10.5. The lowest BCUT2D eigenvalue weighted by molar-refractivity contribution is 0.272. The zero-order chi connectivity index (χ0) is 13.1. The number of hydrogen-bond donors (Lipinski definition) is 2. The van der Waals surface area contributed by atoms with Crippen molar-refractivity contribution in [1.29, 1.82) is 0 Å². The molecule has 0 aromatic carbocycles. The van der Waals surface area contributed by atoms with Crippen molar-refractivity contribution in [1.82, 2.24) is 4.98 Å². The Morgan fingerprint density at radius 2 is 2.00 bits per heavy atom. The van der Waals surface area contributed by atoms with Gasteiger partial charge in [0.15, 0.2) is 8.32 Å². The molecule has 4 nitrogen and oxygen atoms in total. The minimum atomic E-state index is -1.71. The van der Waals surface area contributed by atoms with Gasteiger partial charge in [-0.2, -0.15) is 0 Å². The van der Waals surface area contributed by atoms with Gasteiger partial charge in [-0.25, -0.2) is 10.8 Å². The fourth-order valence-electron chi connectivity index (χ4n) is 1.11. The molecule has 96 valence electrons. The van der Waals surface area contributed by atoms with Crippen LogP contribution < -0.4 is 11.3 Å². The fourth-order valence-corrected chi connectivity index (χ4v) is 2.05. The monoisotopic (exact) mass is 253 g/mol. The zero-order valence-corrected chi connectivity index (χ0v) is 12.4. The van der Waals surface area contributed by atoms with Crippen LogP contribution in [0.2, 0.25) is 18.1 Å². The summed E-state index contributed by atoms with van der Waals surface area (Å²) >= 11 is 0. The maximum atomic E-state index is 6.09. The Labute approximate surface area is 105 Å². The van der Waals surface area contributed by atoms with Gasteiger partial charge in [0.25, 0.3) is 0 Å². The summed E-state index contributed by atoms with van der Waals surface area (Å²) in [6.45, 7) is 11.7. The number of hydrogen-bond acceptors (Lipinski definition) is 4. The summed E-state index contributed by atoms with van der Waals surface area (Å²) in [5, 5.41) is 0.219. The lowest BCUT2D eigenvalue weighted by Crippen LogP contribution is -2.40. The molecule has 3 N–H and O–H groups in total. The Morgan fingerprint density at radius 1 is 1.35 bits per heavy atom. The molecule has 0 bridgehead atoms. The van der Waals surface area contributed by atoms with Crippen molar-refractivity contribution in [2.24, 2.45) is 5.84 Å². The number of nitrogen functional groups attached to an aromatic ring is 1. The van der Waals surface area contributed by atoms with Crippen LogP contribution in [0.15, 0.2) is 18.2 Å². The van der Waals surface area contributed by atoms with Crippen LogP contribution in [-0.4, -0.2) is 13.3 Å². The Kier molecular flexibility index (Phi) is 4.29. The van der Waals surface area contributed by atoms with Crippen molar-refractivity contribution in [3.63, 3.8) is 0 Å².